The molecule has 0 bridgehead atoms. The van der Waals surface area contributed by atoms with Gasteiger partial charge in [0.1, 0.15) is 5.69 Å². The highest BCUT2D eigenvalue weighted by Crippen LogP contribution is 2.09. The Bertz CT molecular complexity index is 469. The van der Waals surface area contributed by atoms with Crippen LogP contribution in [-0.4, -0.2) is 52.1 Å². The van der Waals surface area contributed by atoms with Crippen molar-refractivity contribution in [1.82, 2.24) is 14.8 Å². The van der Waals surface area contributed by atoms with E-state index in [0.717, 1.165) is 19.4 Å². The molecule has 1 atom stereocenters. The summed E-state index contributed by atoms with van der Waals surface area (Å²) in [4.78, 5) is 25.5. The molecule has 19 heavy (non-hydrogen) atoms. The van der Waals surface area contributed by atoms with Gasteiger partial charge in [-0.3, -0.25) is 19.8 Å². The molecule has 6 nitrogen and oxygen atoms in total. The second-order valence-corrected chi connectivity index (χ2v) is 4.91. The van der Waals surface area contributed by atoms with E-state index in [-0.39, 0.29) is 18.6 Å². The van der Waals surface area contributed by atoms with Crippen LogP contribution in [0.3, 0.4) is 0 Å². The number of aliphatic hydroxyl groups is 1. The quantitative estimate of drug-likeness (QED) is 0.789. The SMILES string of the molecule is Cn1cccc1C(=O)NC(=O)CN1CCCC(O)C1. The lowest BCUT2D eigenvalue weighted by Gasteiger charge is -2.29. The molecule has 1 unspecified atom stereocenters. The number of nitrogens with zero attached hydrogens (tertiary/aromatic N) is 2. The molecule has 104 valence electrons. The van der Waals surface area contributed by atoms with Gasteiger partial charge in [0.05, 0.1) is 12.6 Å². The van der Waals surface area contributed by atoms with Crippen molar-refractivity contribution in [2.45, 2.75) is 18.9 Å². The second-order valence-electron chi connectivity index (χ2n) is 4.91. The molecule has 2 amide bonds. The van der Waals surface area contributed by atoms with Crippen molar-refractivity contribution in [3.63, 3.8) is 0 Å². The zero-order valence-electron chi connectivity index (χ0n) is 11.0. The number of carbonyl (C=O) groups is 2. The van der Waals surface area contributed by atoms with Gasteiger partial charge in [0.15, 0.2) is 0 Å². The van der Waals surface area contributed by atoms with Crippen LogP contribution in [0.15, 0.2) is 18.3 Å². The molecule has 2 N–H and O–H groups in total. The predicted molar refractivity (Wildman–Crippen MR) is 69.6 cm³/mol. The highest BCUT2D eigenvalue weighted by atomic mass is 16.3. The van der Waals surface area contributed by atoms with Gasteiger partial charge in [-0.1, -0.05) is 0 Å². The van der Waals surface area contributed by atoms with E-state index < -0.39 is 5.91 Å². The van der Waals surface area contributed by atoms with Gasteiger partial charge in [0.2, 0.25) is 5.91 Å². The van der Waals surface area contributed by atoms with Crippen molar-refractivity contribution in [2.75, 3.05) is 19.6 Å². The highest BCUT2D eigenvalue weighted by molar-refractivity contribution is 6.04. The van der Waals surface area contributed by atoms with Crippen molar-refractivity contribution in [3.8, 4) is 0 Å². The average molecular weight is 265 g/mol. The summed E-state index contributed by atoms with van der Waals surface area (Å²) in [7, 11) is 1.75. The van der Waals surface area contributed by atoms with Crippen LogP contribution in [0, 0.1) is 0 Å². The molecule has 6 heteroatoms. The average Bonchev–Trinajstić information content (AvgIpc) is 2.75. The topological polar surface area (TPSA) is 74.6 Å². The molecule has 2 heterocycles. The molecule has 2 rings (SSSR count). The number of likely N-dealkylation sites (tertiary alicyclic amines) is 1. The molecule has 1 aliphatic rings. The summed E-state index contributed by atoms with van der Waals surface area (Å²) in [6.45, 7) is 1.42. The van der Waals surface area contributed by atoms with Crippen LogP contribution >= 0.6 is 0 Å². The minimum atomic E-state index is -0.393. The third kappa shape index (κ3) is 3.65. The van der Waals surface area contributed by atoms with Crippen LogP contribution in [0.1, 0.15) is 23.3 Å². The first-order chi connectivity index (χ1) is 9.06. The fourth-order valence-electron chi connectivity index (χ4n) is 2.31. The predicted octanol–water partition coefficient (Wildman–Crippen LogP) is -0.262. The van der Waals surface area contributed by atoms with E-state index >= 15 is 0 Å². The number of rotatable bonds is 3. The zero-order chi connectivity index (χ0) is 13.8. The van der Waals surface area contributed by atoms with Gasteiger partial charge in [-0.25, -0.2) is 0 Å². The Balaban J connectivity index is 1.84. The third-order valence-electron chi connectivity index (χ3n) is 3.28. The van der Waals surface area contributed by atoms with E-state index in [2.05, 4.69) is 5.32 Å². The Morgan fingerprint density at radius 1 is 1.53 bits per heavy atom. The van der Waals surface area contributed by atoms with Gasteiger partial charge >= 0.3 is 0 Å². The number of carbonyl (C=O) groups excluding carboxylic acids is 2. The number of amides is 2. The first-order valence-corrected chi connectivity index (χ1v) is 6.42. The summed E-state index contributed by atoms with van der Waals surface area (Å²) in [5.74, 6) is -0.727. The molecule has 1 saturated heterocycles. The number of hydrogen-bond donors (Lipinski definition) is 2. The van der Waals surface area contributed by atoms with Crippen LogP contribution in [0.25, 0.3) is 0 Å². The number of β-amino-alcohol motifs (C(OH)–C–C–N with tert-alkyl or cyclic N) is 1. The van der Waals surface area contributed by atoms with Gasteiger partial charge in [0, 0.05) is 19.8 Å². The Hall–Kier alpha value is -1.66. The van der Waals surface area contributed by atoms with E-state index in [9.17, 15) is 14.7 Å². The van der Waals surface area contributed by atoms with Gasteiger partial charge in [-0.15, -0.1) is 0 Å². The highest BCUT2D eigenvalue weighted by Gasteiger charge is 2.21. The molecular formula is C13H19N3O3. The third-order valence-corrected chi connectivity index (χ3v) is 3.28. The fourth-order valence-corrected chi connectivity index (χ4v) is 2.31. The van der Waals surface area contributed by atoms with Crippen LogP contribution < -0.4 is 5.32 Å². The maximum absolute atomic E-state index is 11.8. The smallest absolute Gasteiger partial charge is 0.274 e. The number of imide groups is 1. The minimum Gasteiger partial charge on any atom is -0.392 e. The number of aliphatic hydroxyl groups excluding tert-OH is 1. The molecule has 1 aromatic rings. The van der Waals surface area contributed by atoms with E-state index in [0.29, 0.717) is 12.2 Å². The maximum atomic E-state index is 11.8. The van der Waals surface area contributed by atoms with Gasteiger partial charge < -0.3 is 9.67 Å². The standard InChI is InChI=1S/C13H19N3O3/c1-15-6-3-5-11(15)13(19)14-12(18)9-16-7-2-4-10(17)8-16/h3,5-6,10,17H,2,4,7-9H2,1H3,(H,14,18,19). The molecule has 1 aromatic heterocycles. The number of piperidine rings is 1. The van der Waals surface area contributed by atoms with Crippen molar-refractivity contribution >= 4 is 11.8 Å². The van der Waals surface area contributed by atoms with Gasteiger partial charge in [0.25, 0.3) is 5.91 Å². The van der Waals surface area contributed by atoms with Crippen LogP contribution in [0.5, 0.6) is 0 Å². The van der Waals surface area contributed by atoms with E-state index in [1.54, 1.807) is 29.9 Å². The lowest BCUT2D eigenvalue weighted by atomic mass is 10.1. The molecular weight excluding hydrogens is 246 g/mol. The van der Waals surface area contributed by atoms with Crippen molar-refractivity contribution in [1.29, 1.82) is 0 Å². The monoisotopic (exact) mass is 265 g/mol. The number of hydrogen-bond acceptors (Lipinski definition) is 4. The van der Waals surface area contributed by atoms with Crippen molar-refractivity contribution < 1.29 is 14.7 Å². The maximum Gasteiger partial charge on any atom is 0.274 e. The molecule has 1 fully saturated rings. The molecule has 0 spiro atoms. The normalized spacial score (nSPS) is 20.2. The summed E-state index contributed by atoms with van der Waals surface area (Å²) in [5, 5.41) is 11.9. The molecule has 0 radical (unpaired) electrons. The number of aromatic nitrogens is 1. The summed E-state index contributed by atoms with van der Waals surface area (Å²) in [5.41, 5.74) is 0.451. The van der Waals surface area contributed by atoms with Crippen LogP contribution in [-0.2, 0) is 11.8 Å². The van der Waals surface area contributed by atoms with E-state index in [4.69, 9.17) is 0 Å². The Morgan fingerprint density at radius 2 is 2.32 bits per heavy atom. The van der Waals surface area contributed by atoms with E-state index in [1.165, 1.54) is 0 Å². The van der Waals surface area contributed by atoms with Crippen molar-refractivity contribution in [2.24, 2.45) is 7.05 Å². The van der Waals surface area contributed by atoms with Crippen molar-refractivity contribution in [3.05, 3.63) is 24.0 Å². The largest absolute Gasteiger partial charge is 0.392 e. The summed E-state index contributed by atoms with van der Waals surface area (Å²) >= 11 is 0. The lowest BCUT2D eigenvalue weighted by molar-refractivity contribution is -0.121. The van der Waals surface area contributed by atoms with Crippen LogP contribution in [0.2, 0.25) is 0 Å². The minimum absolute atomic E-state index is 0.146. The molecule has 0 saturated carbocycles. The van der Waals surface area contributed by atoms with Gasteiger partial charge in [-0.2, -0.15) is 0 Å². The first-order valence-electron chi connectivity index (χ1n) is 6.42. The Labute approximate surface area is 112 Å². The summed E-state index contributed by atoms with van der Waals surface area (Å²) < 4.78 is 1.66. The Kier molecular flexibility index (Phi) is 4.34. The fraction of sp³-hybridized carbons (Fsp3) is 0.538. The number of nitrogens with one attached hydrogen (secondary N) is 1. The Morgan fingerprint density at radius 3 is 2.95 bits per heavy atom. The molecule has 0 aliphatic carbocycles. The molecule has 1 aliphatic heterocycles. The summed E-state index contributed by atoms with van der Waals surface area (Å²) in [6.07, 6.45) is 3.03. The first kappa shape index (κ1) is 13.8. The zero-order valence-corrected chi connectivity index (χ0v) is 11.0. The molecule has 0 aromatic carbocycles. The summed E-state index contributed by atoms with van der Waals surface area (Å²) in [6, 6.07) is 3.41. The van der Waals surface area contributed by atoms with Gasteiger partial charge in [-0.05, 0) is 31.5 Å². The van der Waals surface area contributed by atoms with Crippen LogP contribution in [0.4, 0.5) is 0 Å². The van der Waals surface area contributed by atoms with E-state index in [1.807, 2.05) is 4.90 Å². The number of aryl methyl sites for hydroxylation is 1. The lowest BCUT2D eigenvalue weighted by Crippen LogP contribution is -2.45. The second kappa shape index (κ2) is 5.99.